The van der Waals surface area contributed by atoms with Crippen molar-refractivity contribution in [3.8, 4) is 0 Å². The van der Waals surface area contributed by atoms with Crippen molar-refractivity contribution in [1.82, 2.24) is 4.98 Å². The number of nitrogens with zero attached hydrogens (tertiary/aromatic N) is 4. The molecular formula is C13H19N5O3. The highest BCUT2D eigenvalue weighted by molar-refractivity contribution is 6.02. The average Bonchev–Trinajstić information content (AvgIpc) is 2.48. The van der Waals surface area contributed by atoms with Crippen molar-refractivity contribution in [2.75, 3.05) is 11.4 Å². The van der Waals surface area contributed by atoms with Crippen LogP contribution in [0.3, 0.4) is 0 Å². The van der Waals surface area contributed by atoms with Crippen molar-refractivity contribution < 1.29 is 10.1 Å². The van der Waals surface area contributed by atoms with Crippen LogP contribution in [0, 0.1) is 16.0 Å². The molecule has 0 saturated carbocycles. The standard InChI is InChI=1S/C13H19N5O3/c1-8-4-3-5-17(9(8)2)13-11(12(14)16-19)6-10(7-15-13)18(20)21/h6-9,19H,3-5H2,1-2H3,(H2,14,16). The molecule has 0 bridgehead atoms. The first-order valence-electron chi connectivity index (χ1n) is 6.84. The van der Waals surface area contributed by atoms with E-state index in [1.165, 1.54) is 12.3 Å². The van der Waals surface area contributed by atoms with Gasteiger partial charge >= 0.3 is 0 Å². The van der Waals surface area contributed by atoms with Crippen molar-refractivity contribution in [3.05, 3.63) is 27.9 Å². The van der Waals surface area contributed by atoms with Crippen LogP contribution in [-0.4, -0.2) is 33.5 Å². The molecule has 1 aromatic rings. The second-order valence-corrected chi connectivity index (χ2v) is 5.36. The Labute approximate surface area is 122 Å². The van der Waals surface area contributed by atoms with Gasteiger partial charge in [-0.05, 0) is 25.7 Å². The minimum Gasteiger partial charge on any atom is -0.409 e. The minimum absolute atomic E-state index is 0.174. The van der Waals surface area contributed by atoms with Gasteiger partial charge in [-0.1, -0.05) is 12.1 Å². The molecule has 2 atom stereocenters. The molecule has 0 spiro atoms. The summed E-state index contributed by atoms with van der Waals surface area (Å²) in [5, 5.41) is 22.7. The van der Waals surface area contributed by atoms with E-state index in [-0.39, 0.29) is 23.1 Å². The maximum absolute atomic E-state index is 10.9. The van der Waals surface area contributed by atoms with Crippen LogP contribution in [-0.2, 0) is 0 Å². The molecule has 0 amide bonds. The number of rotatable bonds is 3. The van der Waals surface area contributed by atoms with Crippen LogP contribution >= 0.6 is 0 Å². The fraction of sp³-hybridized carbons (Fsp3) is 0.538. The maximum atomic E-state index is 10.9. The van der Waals surface area contributed by atoms with Crippen LogP contribution in [0.5, 0.6) is 0 Å². The lowest BCUT2D eigenvalue weighted by atomic mass is 9.91. The van der Waals surface area contributed by atoms with Gasteiger partial charge in [-0.2, -0.15) is 0 Å². The van der Waals surface area contributed by atoms with E-state index in [1.54, 1.807) is 0 Å². The number of amidine groups is 1. The lowest BCUT2D eigenvalue weighted by molar-refractivity contribution is -0.385. The van der Waals surface area contributed by atoms with E-state index in [4.69, 9.17) is 10.9 Å². The number of pyridine rings is 1. The first-order chi connectivity index (χ1) is 9.95. The van der Waals surface area contributed by atoms with E-state index < -0.39 is 4.92 Å². The van der Waals surface area contributed by atoms with Crippen molar-refractivity contribution in [1.29, 1.82) is 0 Å². The van der Waals surface area contributed by atoms with Crippen LogP contribution in [0.15, 0.2) is 17.4 Å². The summed E-state index contributed by atoms with van der Waals surface area (Å²) in [5.41, 5.74) is 5.76. The molecule has 0 radical (unpaired) electrons. The summed E-state index contributed by atoms with van der Waals surface area (Å²) in [5.74, 6) is 0.831. The monoisotopic (exact) mass is 293 g/mol. The van der Waals surface area contributed by atoms with E-state index >= 15 is 0 Å². The Hall–Kier alpha value is -2.38. The van der Waals surface area contributed by atoms with Gasteiger partial charge in [0.15, 0.2) is 5.84 Å². The van der Waals surface area contributed by atoms with Crippen LogP contribution in [0.1, 0.15) is 32.3 Å². The molecule has 1 fully saturated rings. The first-order valence-corrected chi connectivity index (χ1v) is 6.84. The number of hydrogen-bond acceptors (Lipinski definition) is 6. The summed E-state index contributed by atoms with van der Waals surface area (Å²) in [6.45, 7) is 5.04. The number of hydrogen-bond donors (Lipinski definition) is 2. The zero-order valence-electron chi connectivity index (χ0n) is 12.1. The Morgan fingerprint density at radius 3 is 2.95 bits per heavy atom. The fourth-order valence-corrected chi connectivity index (χ4v) is 2.65. The fourth-order valence-electron chi connectivity index (χ4n) is 2.65. The maximum Gasteiger partial charge on any atom is 0.288 e. The van der Waals surface area contributed by atoms with Crippen molar-refractivity contribution in [3.63, 3.8) is 0 Å². The number of oxime groups is 1. The van der Waals surface area contributed by atoms with Crippen LogP contribution < -0.4 is 10.6 Å². The Morgan fingerprint density at radius 1 is 1.62 bits per heavy atom. The zero-order chi connectivity index (χ0) is 15.6. The lowest BCUT2D eigenvalue weighted by Gasteiger charge is -2.39. The van der Waals surface area contributed by atoms with Gasteiger partial charge in [-0.15, -0.1) is 0 Å². The SMILES string of the molecule is CC1CCCN(c2ncc([N+](=O)[O-])cc2C(N)=NO)C1C. The summed E-state index contributed by atoms with van der Waals surface area (Å²) in [6.07, 6.45) is 3.35. The second kappa shape index (κ2) is 5.94. The van der Waals surface area contributed by atoms with E-state index in [0.717, 1.165) is 19.4 Å². The summed E-state index contributed by atoms with van der Waals surface area (Å²) >= 11 is 0. The molecule has 2 rings (SSSR count). The largest absolute Gasteiger partial charge is 0.409 e. The van der Waals surface area contributed by atoms with Gasteiger partial charge in [-0.25, -0.2) is 4.98 Å². The first kappa shape index (κ1) is 15.0. The molecule has 2 unspecified atom stereocenters. The third kappa shape index (κ3) is 2.88. The highest BCUT2D eigenvalue weighted by Crippen LogP contribution is 2.30. The Bertz CT molecular complexity index is 575. The highest BCUT2D eigenvalue weighted by Gasteiger charge is 2.29. The highest BCUT2D eigenvalue weighted by atomic mass is 16.6. The quantitative estimate of drug-likeness (QED) is 0.288. The Balaban J connectivity index is 2.49. The van der Waals surface area contributed by atoms with E-state index in [0.29, 0.717) is 11.7 Å². The number of anilines is 1. The molecule has 1 aromatic heterocycles. The third-order valence-corrected chi connectivity index (χ3v) is 4.09. The summed E-state index contributed by atoms with van der Waals surface area (Å²) in [4.78, 5) is 16.6. The van der Waals surface area contributed by atoms with Gasteiger partial charge in [0, 0.05) is 18.7 Å². The van der Waals surface area contributed by atoms with E-state index in [1.807, 2.05) is 0 Å². The summed E-state index contributed by atoms with van der Waals surface area (Å²) < 4.78 is 0. The smallest absolute Gasteiger partial charge is 0.288 e. The molecule has 114 valence electrons. The predicted molar refractivity (Wildman–Crippen MR) is 78.6 cm³/mol. The number of nitro groups is 1. The van der Waals surface area contributed by atoms with Gasteiger partial charge in [0.25, 0.3) is 5.69 Å². The molecule has 0 aliphatic carbocycles. The van der Waals surface area contributed by atoms with Gasteiger partial charge < -0.3 is 15.8 Å². The van der Waals surface area contributed by atoms with E-state index in [2.05, 4.69) is 28.9 Å². The molecule has 1 aliphatic heterocycles. The van der Waals surface area contributed by atoms with Gasteiger partial charge in [-0.3, -0.25) is 10.1 Å². The third-order valence-electron chi connectivity index (χ3n) is 4.09. The molecule has 2 heterocycles. The van der Waals surface area contributed by atoms with Crippen LogP contribution in [0.25, 0.3) is 0 Å². The predicted octanol–water partition coefficient (Wildman–Crippen LogP) is 1.71. The van der Waals surface area contributed by atoms with Crippen molar-refractivity contribution in [2.24, 2.45) is 16.8 Å². The molecule has 1 aliphatic rings. The van der Waals surface area contributed by atoms with Crippen LogP contribution in [0.4, 0.5) is 11.5 Å². The molecule has 8 heteroatoms. The number of aromatic nitrogens is 1. The average molecular weight is 293 g/mol. The zero-order valence-corrected chi connectivity index (χ0v) is 12.1. The minimum atomic E-state index is -0.548. The molecule has 21 heavy (non-hydrogen) atoms. The van der Waals surface area contributed by atoms with Gasteiger partial charge in [0.05, 0.1) is 10.5 Å². The molecule has 8 nitrogen and oxygen atoms in total. The van der Waals surface area contributed by atoms with Crippen molar-refractivity contribution >= 4 is 17.3 Å². The summed E-state index contributed by atoms with van der Waals surface area (Å²) in [6, 6.07) is 1.53. The number of nitrogens with two attached hydrogens (primary N) is 1. The van der Waals surface area contributed by atoms with E-state index in [9.17, 15) is 10.1 Å². The van der Waals surface area contributed by atoms with Gasteiger partial charge in [0.2, 0.25) is 0 Å². The van der Waals surface area contributed by atoms with Crippen LogP contribution in [0.2, 0.25) is 0 Å². The topological polar surface area (TPSA) is 118 Å². The van der Waals surface area contributed by atoms with Crippen molar-refractivity contribution in [2.45, 2.75) is 32.7 Å². The lowest BCUT2D eigenvalue weighted by Crippen LogP contribution is -2.44. The molecule has 0 aromatic carbocycles. The molecular weight excluding hydrogens is 274 g/mol. The Morgan fingerprint density at radius 2 is 2.33 bits per heavy atom. The molecule has 1 saturated heterocycles. The van der Waals surface area contributed by atoms with Gasteiger partial charge in [0.1, 0.15) is 12.0 Å². The second-order valence-electron chi connectivity index (χ2n) is 5.36. The normalized spacial score (nSPS) is 23.1. The summed E-state index contributed by atoms with van der Waals surface area (Å²) in [7, 11) is 0. The number of piperidine rings is 1. The molecule has 3 N–H and O–H groups in total. The Kier molecular flexibility index (Phi) is 4.25.